The van der Waals surface area contributed by atoms with Crippen molar-refractivity contribution in [1.29, 1.82) is 0 Å². The monoisotopic (exact) mass is 407 g/mol. The van der Waals surface area contributed by atoms with Gasteiger partial charge in [-0.25, -0.2) is 4.68 Å². The van der Waals surface area contributed by atoms with Crippen molar-refractivity contribution in [1.82, 2.24) is 19.9 Å². The summed E-state index contributed by atoms with van der Waals surface area (Å²) in [6.07, 6.45) is 1.86. The predicted octanol–water partition coefficient (Wildman–Crippen LogP) is 1.97. The second-order valence-electron chi connectivity index (χ2n) is 7.25. The number of hydrogen-bond donors (Lipinski definition) is 1. The van der Waals surface area contributed by atoms with Crippen LogP contribution in [0, 0.1) is 12.8 Å². The van der Waals surface area contributed by atoms with E-state index in [0.29, 0.717) is 49.4 Å². The molecule has 0 radical (unpaired) electrons. The lowest BCUT2D eigenvalue weighted by atomic mass is 9.91. The second-order valence-corrected chi connectivity index (χ2v) is 7.25. The third kappa shape index (κ3) is 3.79. The van der Waals surface area contributed by atoms with Gasteiger partial charge in [0.15, 0.2) is 17.2 Å². The summed E-state index contributed by atoms with van der Waals surface area (Å²) in [4.78, 5) is 14.8. The third-order valence-corrected chi connectivity index (χ3v) is 5.44. The molecule has 8 nitrogen and oxygen atoms in total. The number of nitrogens with zero attached hydrogens (tertiary/aromatic N) is 4. The molecule has 2 N–H and O–H groups in total. The summed E-state index contributed by atoms with van der Waals surface area (Å²) in [6, 6.07) is 5.77. The predicted molar refractivity (Wildman–Crippen MR) is 107 cm³/mol. The van der Waals surface area contributed by atoms with Gasteiger partial charge in [0.1, 0.15) is 13.2 Å². The van der Waals surface area contributed by atoms with E-state index >= 15 is 0 Å². The minimum atomic E-state index is -0.0700. The number of aromatic nitrogens is 3. The highest BCUT2D eigenvalue weighted by Crippen LogP contribution is 2.32. The Hall–Kier alpha value is -2.32. The Morgan fingerprint density at radius 3 is 2.57 bits per heavy atom. The largest absolute Gasteiger partial charge is 0.486 e. The van der Waals surface area contributed by atoms with Crippen LogP contribution in [0.5, 0.6) is 11.5 Å². The first-order valence-corrected chi connectivity index (χ1v) is 9.42. The van der Waals surface area contributed by atoms with Crippen molar-refractivity contribution in [3.05, 3.63) is 29.6 Å². The van der Waals surface area contributed by atoms with Gasteiger partial charge < -0.3 is 20.1 Å². The standard InChI is InChI=1S/C19H25N5O3.ClH/c1-12(20)14-5-7-23(8-6-14)19(25)18-13(2)24(22-21-18)15-3-4-16-17(11-15)27-10-9-26-16;/h3-4,11-12,14H,5-10,20H2,1-2H3;1H. The van der Waals surface area contributed by atoms with E-state index in [4.69, 9.17) is 15.2 Å². The van der Waals surface area contributed by atoms with Crippen LogP contribution in [-0.4, -0.2) is 58.1 Å². The summed E-state index contributed by atoms with van der Waals surface area (Å²) in [5.41, 5.74) is 7.89. The van der Waals surface area contributed by atoms with Crippen LogP contribution in [0.1, 0.15) is 35.9 Å². The van der Waals surface area contributed by atoms with Crippen LogP contribution in [0.15, 0.2) is 18.2 Å². The lowest BCUT2D eigenvalue weighted by Gasteiger charge is -2.33. The van der Waals surface area contributed by atoms with Gasteiger partial charge in [0.2, 0.25) is 0 Å². The molecule has 1 unspecified atom stereocenters. The molecule has 28 heavy (non-hydrogen) atoms. The third-order valence-electron chi connectivity index (χ3n) is 5.44. The SMILES string of the molecule is Cc1c(C(=O)N2CCC(C(C)N)CC2)nnn1-c1ccc2c(c1)OCCO2.Cl. The van der Waals surface area contributed by atoms with E-state index in [2.05, 4.69) is 10.3 Å². The zero-order chi connectivity index (χ0) is 19.0. The number of fused-ring (bicyclic) bond motifs is 1. The topological polar surface area (TPSA) is 95.5 Å². The Morgan fingerprint density at radius 2 is 1.89 bits per heavy atom. The van der Waals surface area contributed by atoms with E-state index in [1.807, 2.05) is 36.9 Å². The lowest BCUT2D eigenvalue weighted by molar-refractivity contribution is 0.0674. The van der Waals surface area contributed by atoms with Crippen molar-refractivity contribution < 1.29 is 14.3 Å². The van der Waals surface area contributed by atoms with E-state index < -0.39 is 0 Å². The minimum absolute atomic E-state index is 0. The molecule has 0 spiro atoms. The fraction of sp³-hybridized carbons (Fsp3) is 0.526. The molecule has 4 rings (SSSR count). The Morgan fingerprint density at radius 1 is 1.21 bits per heavy atom. The summed E-state index contributed by atoms with van der Waals surface area (Å²) in [6.45, 7) is 6.38. The van der Waals surface area contributed by atoms with E-state index in [9.17, 15) is 4.79 Å². The Labute approximate surface area is 170 Å². The van der Waals surface area contributed by atoms with Gasteiger partial charge in [0.05, 0.1) is 11.4 Å². The van der Waals surface area contributed by atoms with Crippen molar-refractivity contribution in [2.45, 2.75) is 32.7 Å². The van der Waals surface area contributed by atoms with Gasteiger partial charge >= 0.3 is 0 Å². The fourth-order valence-corrected chi connectivity index (χ4v) is 3.71. The lowest BCUT2D eigenvalue weighted by Crippen LogP contribution is -2.42. The van der Waals surface area contributed by atoms with Gasteiger partial charge in [0.25, 0.3) is 5.91 Å². The molecule has 1 saturated heterocycles. The van der Waals surface area contributed by atoms with Crippen LogP contribution in [0.4, 0.5) is 0 Å². The molecule has 1 aromatic heterocycles. The molecule has 0 saturated carbocycles. The van der Waals surface area contributed by atoms with Crippen LogP contribution in [0.2, 0.25) is 0 Å². The maximum atomic E-state index is 12.9. The molecule has 0 bridgehead atoms. The van der Waals surface area contributed by atoms with E-state index in [0.717, 1.165) is 24.3 Å². The molecular weight excluding hydrogens is 382 g/mol. The summed E-state index contributed by atoms with van der Waals surface area (Å²) in [7, 11) is 0. The number of hydrogen-bond acceptors (Lipinski definition) is 6. The molecular formula is C19H26ClN5O3. The molecule has 2 aliphatic rings. The Balaban J connectivity index is 0.00000225. The number of piperidine rings is 1. The first-order chi connectivity index (χ1) is 13.0. The number of halogens is 1. The van der Waals surface area contributed by atoms with Crippen LogP contribution in [-0.2, 0) is 0 Å². The Bertz CT molecular complexity index is 846. The number of carbonyl (C=O) groups is 1. The molecule has 2 aromatic rings. The average Bonchev–Trinajstić information content (AvgIpc) is 3.08. The van der Waals surface area contributed by atoms with Gasteiger partial charge in [-0.3, -0.25) is 4.79 Å². The van der Waals surface area contributed by atoms with Crippen LogP contribution in [0.25, 0.3) is 5.69 Å². The highest BCUT2D eigenvalue weighted by atomic mass is 35.5. The van der Waals surface area contributed by atoms with Gasteiger partial charge in [-0.1, -0.05) is 5.21 Å². The number of ether oxygens (including phenoxy) is 2. The number of carbonyl (C=O) groups excluding carboxylic acids is 1. The summed E-state index contributed by atoms with van der Waals surface area (Å²) < 4.78 is 12.9. The first kappa shape index (κ1) is 20.4. The highest BCUT2D eigenvalue weighted by Gasteiger charge is 2.28. The van der Waals surface area contributed by atoms with Gasteiger partial charge in [-0.2, -0.15) is 0 Å². The number of benzene rings is 1. The molecule has 152 valence electrons. The Kier molecular flexibility index (Phi) is 6.10. The quantitative estimate of drug-likeness (QED) is 0.835. The van der Waals surface area contributed by atoms with Crippen molar-refractivity contribution in [2.24, 2.45) is 11.7 Å². The smallest absolute Gasteiger partial charge is 0.276 e. The minimum Gasteiger partial charge on any atom is -0.486 e. The van der Waals surface area contributed by atoms with Crippen LogP contribution in [0.3, 0.4) is 0 Å². The van der Waals surface area contributed by atoms with E-state index in [-0.39, 0.29) is 24.4 Å². The molecule has 0 aliphatic carbocycles. The van der Waals surface area contributed by atoms with Gasteiger partial charge in [-0.05, 0) is 44.7 Å². The molecule has 1 aromatic carbocycles. The fourth-order valence-electron chi connectivity index (χ4n) is 3.71. The molecule has 2 aliphatic heterocycles. The number of likely N-dealkylation sites (tertiary alicyclic amines) is 1. The van der Waals surface area contributed by atoms with Crippen molar-refractivity contribution in [3.63, 3.8) is 0 Å². The molecule has 9 heteroatoms. The summed E-state index contributed by atoms with van der Waals surface area (Å²) in [5.74, 6) is 1.80. The van der Waals surface area contributed by atoms with E-state index in [1.54, 1.807) is 4.68 Å². The maximum Gasteiger partial charge on any atom is 0.276 e. The maximum absolute atomic E-state index is 12.9. The number of nitrogens with two attached hydrogens (primary N) is 1. The normalized spacial score (nSPS) is 17.8. The summed E-state index contributed by atoms with van der Waals surface area (Å²) >= 11 is 0. The van der Waals surface area contributed by atoms with Crippen molar-refractivity contribution >= 4 is 18.3 Å². The molecule has 1 fully saturated rings. The average molecular weight is 408 g/mol. The zero-order valence-corrected chi connectivity index (χ0v) is 16.9. The van der Waals surface area contributed by atoms with Crippen molar-refractivity contribution in [3.8, 4) is 17.2 Å². The zero-order valence-electron chi connectivity index (χ0n) is 16.1. The van der Waals surface area contributed by atoms with Gasteiger partial charge in [-0.15, -0.1) is 17.5 Å². The van der Waals surface area contributed by atoms with E-state index in [1.165, 1.54) is 0 Å². The van der Waals surface area contributed by atoms with Crippen LogP contribution >= 0.6 is 12.4 Å². The van der Waals surface area contributed by atoms with Crippen molar-refractivity contribution in [2.75, 3.05) is 26.3 Å². The molecule has 1 amide bonds. The first-order valence-electron chi connectivity index (χ1n) is 9.42. The van der Waals surface area contributed by atoms with Crippen LogP contribution < -0.4 is 15.2 Å². The van der Waals surface area contributed by atoms with Gasteiger partial charge in [0, 0.05) is 25.2 Å². The summed E-state index contributed by atoms with van der Waals surface area (Å²) in [5, 5.41) is 8.36. The number of rotatable bonds is 3. The second kappa shape index (κ2) is 8.36. The molecule has 3 heterocycles. The number of amides is 1. The highest BCUT2D eigenvalue weighted by molar-refractivity contribution is 5.93. The molecule has 1 atom stereocenters.